The van der Waals surface area contributed by atoms with Gasteiger partial charge in [0.1, 0.15) is 0 Å². The summed E-state index contributed by atoms with van der Waals surface area (Å²) < 4.78 is 82.2. The summed E-state index contributed by atoms with van der Waals surface area (Å²) in [5, 5.41) is 0. The second-order valence-electron chi connectivity index (χ2n) is 4.73. The molecule has 14 heteroatoms. The summed E-state index contributed by atoms with van der Waals surface area (Å²) in [6, 6.07) is 7.59. The van der Waals surface area contributed by atoms with Gasteiger partial charge in [-0.3, -0.25) is 0 Å². The van der Waals surface area contributed by atoms with Crippen LogP contribution in [0.25, 0.3) is 0 Å². The number of hydrogen-bond donors (Lipinski definition) is 2. The number of rotatable bonds is 3. The molecule has 0 spiro atoms. The minimum atomic E-state index is -6.00. The summed E-state index contributed by atoms with van der Waals surface area (Å²) in [4.78, 5) is 0. The number of hydrogen-bond acceptors (Lipinski definition) is 2. The highest BCUT2D eigenvalue weighted by atomic mass is 19.5. The minimum Gasteiger partial charge on any atom is -0.418 e. The van der Waals surface area contributed by atoms with Crippen LogP contribution in [0.1, 0.15) is 0 Å². The van der Waals surface area contributed by atoms with Crippen LogP contribution in [0.15, 0.2) is 49.1 Å². The van der Waals surface area contributed by atoms with E-state index in [9.17, 15) is 34.5 Å². The fourth-order valence-electron chi connectivity index (χ4n) is 1.47. The number of anilines is 2. The Bertz CT molecular complexity index is 562. The number of nitrogen functional groups attached to an aromatic ring is 2. The van der Waals surface area contributed by atoms with Crippen LogP contribution >= 0.6 is 0 Å². The lowest BCUT2D eigenvalue weighted by Crippen LogP contribution is -2.43. The van der Waals surface area contributed by atoms with E-state index in [4.69, 9.17) is 11.5 Å². The van der Waals surface area contributed by atoms with Gasteiger partial charge in [0.15, 0.2) is 24.8 Å². The Morgan fingerprint density at radius 2 is 0.769 bits per heavy atom. The average molecular weight is 390 g/mol. The van der Waals surface area contributed by atoms with Gasteiger partial charge in [0.2, 0.25) is 13.1 Å². The number of halogens is 8. The molecule has 4 nitrogen and oxygen atoms in total. The van der Waals surface area contributed by atoms with Gasteiger partial charge in [-0.2, -0.15) is 9.13 Å². The Kier molecular flexibility index (Phi) is 9.44. The van der Waals surface area contributed by atoms with Crippen LogP contribution < -0.4 is 20.6 Å². The fourth-order valence-corrected chi connectivity index (χ4v) is 1.47. The molecular formula is C12H16B2F8N4. The van der Waals surface area contributed by atoms with E-state index in [1.807, 2.05) is 49.1 Å². The molecule has 0 saturated heterocycles. The summed E-state index contributed by atoms with van der Waals surface area (Å²) in [5.74, 6) is 0. The van der Waals surface area contributed by atoms with Crippen molar-refractivity contribution in [2.45, 2.75) is 13.1 Å². The molecule has 146 valence electrons. The molecule has 0 amide bonds. The van der Waals surface area contributed by atoms with Crippen LogP contribution in [0.3, 0.4) is 0 Å². The first-order valence-corrected chi connectivity index (χ1v) is 6.98. The zero-order chi connectivity index (χ0) is 20.4. The van der Waals surface area contributed by atoms with Gasteiger partial charge in [0.25, 0.3) is 0 Å². The number of nitrogens with two attached hydrogens (primary N) is 2. The molecule has 26 heavy (non-hydrogen) atoms. The molecule has 0 aliphatic carbocycles. The van der Waals surface area contributed by atoms with E-state index in [0.717, 1.165) is 24.5 Å². The number of aryl methyl sites for hydroxylation is 2. The number of nitrogens with zero attached hydrogens (tertiary/aromatic N) is 2. The Hall–Kier alpha value is -2.53. The molecule has 2 heterocycles. The number of aromatic nitrogens is 2. The molecule has 0 atom stereocenters. The Labute approximate surface area is 144 Å². The lowest BCUT2D eigenvalue weighted by Gasteiger charge is -1.96. The molecule has 4 N–H and O–H groups in total. The highest BCUT2D eigenvalue weighted by molar-refractivity contribution is 6.50. The van der Waals surface area contributed by atoms with Crippen molar-refractivity contribution >= 4 is 25.9 Å². The molecule has 0 aliphatic heterocycles. The zero-order valence-corrected chi connectivity index (χ0v) is 13.3. The maximum absolute atomic E-state index is 9.75. The van der Waals surface area contributed by atoms with Crippen molar-refractivity contribution in [3.8, 4) is 0 Å². The molecule has 2 aromatic rings. The monoisotopic (exact) mass is 390 g/mol. The van der Waals surface area contributed by atoms with Gasteiger partial charge in [-0.15, -0.1) is 0 Å². The van der Waals surface area contributed by atoms with E-state index in [1.165, 1.54) is 0 Å². The Morgan fingerprint density at radius 3 is 0.962 bits per heavy atom. The van der Waals surface area contributed by atoms with Crippen LogP contribution in [-0.2, 0) is 13.1 Å². The van der Waals surface area contributed by atoms with Crippen molar-refractivity contribution in [2.24, 2.45) is 0 Å². The van der Waals surface area contributed by atoms with Gasteiger partial charge in [0, 0.05) is 35.6 Å². The van der Waals surface area contributed by atoms with E-state index in [-0.39, 0.29) is 0 Å². The minimum absolute atomic E-state index is 0.788. The molecule has 0 aliphatic rings. The van der Waals surface area contributed by atoms with Gasteiger partial charge in [0.05, 0.1) is 0 Å². The highest BCUT2D eigenvalue weighted by Crippen LogP contribution is 2.07. The maximum atomic E-state index is 9.75. The SMILES string of the molecule is F[B-](F)(F)F.F[B-](F)(F)F.Nc1cc[n+](CC[n+]2ccc(N)cc2)cc1. The molecule has 2 aromatic heterocycles. The number of pyridine rings is 2. The van der Waals surface area contributed by atoms with Gasteiger partial charge in [-0.05, 0) is 0 Å². The van der Waals surface area contributed by atoms with E-state index < -0.39 is 14.5 Å². The van der Waals surface area contributed by atoms with E-state index in [0.29, 0.717) is 0 Å². The molecule has 2 rings (SSSR count). The summed E-state index contributed by atoms with van der Waals surface area (Å²) in [6.07, 6.45) is 7.92. The van der Waals surface area contributed by atoms with Gasteiger partial charge >= 0.3 is 14.5 Å². The predicted molar refractivity (Wildman–Crippen MR) is 82.5 cm³/mol. The van der Waals surface area contributed by atoms with Crippen molar-refractivity contribution < 1.29 is 43.7 Å². The van der Waals surface area contributed by atoms with Crippen LogP contribution in [0, 0.1) is 0 Å². The first-order chi connectivity index (χ1) is 11.7. The third-order valence-electron chi connectivity index (χ3n) is 2.45. The lowest BCUT2D eigenvalue weighted by atomic mass is 10.3. The van der Waals surface area contributed by atoms with Crippen molar-refractivity contribution in [3.05, 3.63) is 49.1 Å². The third-order valence-corrected chi connectivity index (χ3v) is 2.45. The van der Waals surface area contributed by atoms with Crippen molar-refractivity contribution in [1.29, 1.82) is 0 Å². The summed E-state index contributed by atoms with van der Waals surface area (Å²) in [7, 11) is -12.0. The summed E-state index contributed by atoms with van der Waals surface area (Å²) >= 11 is 0. The molecule has 0 radical (unpaired) electrons. The second-order valence-corrected chi connectivity index (χ2v) is 4.73. The predicted octanol–water partition coefficient (Wildman–Crippen LogP) is 2.73. The molecule has 0 bridgehead atoms. The van der Waals surface area contributed by atoms with Crippen molar-refractivity contribution in [1.82, 2.24) is 0 Å². The second kappa shape index (κ2) is 10.5. The van der Waals surface area contributed by atoms with E-state index in [1.54, 1.807) is 0 Å². The van der Waals surface area contributed by atoms with Crippen molar-refractivity contribution in [3.63, 3.8) is 0 Å². The Morgan fingerprint density at radius 1 is 0.577 bits per heavy atom. The maximum Gasteiger partial charge on any atom is 0.673 e. The van der Waals surface area contributed by atoms with Crippen molar-refractivity contribution in [2.75, 3.05) is 11.5 Å². The molecular weight excluding hydrogens is 374 g/mol. The highest BCUT2D eigenvalue weighted by Gasteiger charge is 2.21. The average Bonchev–Trinajstić information content (AvgIpc) is 2.45. The van der Waals surface area contributed by atoms with Gasteiger partial charge < -0.3 is 46.0 Å². The van der Waals surface area contributed by atoms with Crippen LogP contribution in [0.4, 0.5) is 45.9 Å². The normalized spacial score (nSPS) is 10.9. The third kappa shape index (κ3) is 17.8. The van der Waals surface area contributed by atoms with Gasteiger partial charge in [-0.25, -0.2) is 0 Å². The summed E-state index contributed by atoms with van der Waals surface area (Å²) in [5.41, 5.74) is 12.8. The first kappa shape index (κ1) is 23.5. The van der Waals surface area contributed by atoms with Crippen LogP contribution in [0.2, 0.25) is 0 Å². The van der Waals surface area contributed by atoms with E-state index in [2.05, 4.69) is 9.13 Å². The standard InChI is InChI=1S/C12H14N4.2BF4/c13-11-1-5-15(6-2-11)9-10-16-7-3-12(14)4-8-16;2*2-1(3,4)5/h1-8,13-14H,9-10H2;;/q;2*-1/p+2. The molecule has 0 aromatic carbocycles. The van der Waals surface area contributed by atoms with Crippen LogP contribution in [-0.4, -0.2) is 14.5 Å². The quantitative estimate of drug-likeness (QED) is 0.481. The zero-order valence-electron chi connectivity index (χ0n) is 13.3. The Balaban J connectivity index is 0.000000520. The summed E-state index contributed by atoms with van der Waals surface area (Å²) in [6.45, 7) is 1.82. The smallest absolute Gasteiger partial charge is 0.418 e. The fraction of sp³-hybridized carbons (Fsp3) is 0.167. The molecule has 0 fully saturated rings. The first-order valence-electron chi connectivity index (χ1n) is 6.98. The largest absolute Gasteiger partial charge is 0.673 e. The van der Waals surface area contributed by atoms with Gasteiger partial charge in [-0.1, -0.05) is 0 Å². The molecule has 0 unspecified atom stereocenters. The molecule has 0 saturated carbocycles. The lowest BCUT2D eigenvalue weighted by molar-refractivity contribution is -0.778. The van der Waals surface area contributed by atoms with Crippen LogP contribution in [0.5, 0.6) is 0 Å². The van der Waals surface area contributed by atoms with E-state index >= 15 is 0 Å². The topological polar surface area (TPSA) is 59.8 Å².